The number of hydrogen-bond donors (Lipinski definition) is 2. The summed E-state index contributed by atoms with van der Waals surface area (Å²) in [6.07, 6.45) is 0. The maximum atomic E-state index is 8.63. The first-order valence-electron chi connectivity index (χ1n) is 4.36. The van der Waals surface area contributed by atoms with Crippen LogP contribution in [-0.4, -0.2) is 26.1 Å². The van der Waals surface area contributed by atoms with E-state index in [1.165, 1.54) is 0 Å². The average molecular weight is 175 g/mol. The van der Waals surface area contributed by atoms with Crippen LogP contribution in [0.1, 0.15) is 11.1 Å². The van der Waals surface area contributed by atoms with Crippen molar-refractivity contribution in [3.8, 4) is 0 Å². The minimum atomic E-state index is 0.141. The maximum Gasteiger partial charge on any atom is 0.114 e. The SMILES string of the molecule is [B]c1c(C)cc(NCCO)cc1C. The number of rotatable bonds is 3. The second-order valence-electron chi connectivity index (χ2n) is 3.17. The van der Waals surface area contributed by atoms with Crippen LogP contribution in [0.5, 0.6) is 0 Å². The number of benzene rings is 1. The van der Waals surface area contributed by atoms with Crippen molar-refractivity contribution in [1.82, 2.24) is 0 Å². The summed E-state index contributed by atoms with van der Waals surface area (Å²) in [5.74, 6) is 0. The molecule has 0 aromatic heterocycles. The number of nitrogens with one attached hydrogen (secondary N) is 1. The molecule has 0 bridgehead atoms. The second kappa shape index (κ2) is 4.33. The first-order chi connectivity index (χ1) is 6.15. The van der Waals surface area contributed by atoms with E-state index < -0.39 is 0 Å². The van der Waals surface area contributed by atoms with Gasteiger partial charge in [0.05, 0.1) is 6.61 Å². The third-order valence-electron chi connectivity index (χ3n) is 2.03. The molecule has 0 saturated carbocycles. The van der Waals surface area contributed by atoms with Gasteiger partial charge in [-0.1, -0.05) is 16.6 Å². The molecule has 1 rings (SSSR count). The molecule has 2 nitrogen and oxygen atoms in total. The Labute approximate surface area is 80.4 Å². The molecule has 0 aliphatic carbocycles. The molecular formula is C10H14BNO. The molecule has 1 aromatic carbocycles. The molecule has 0 atom stereocenters. The van der Waals surface area contributed by atoms with Crippen molar-refractivity contribution in [3.05, 3.63) is 23.3 Å². The van der Waals surface area contributed by atoms with Crippen molar-refractivity contribution < 1.29 is 5.11 Å². The fraction of sp³-hybridized carbons (Fsp3) is 0.400. The van der Waals surface area contributed by atoms with Crippen LogP contribution in [0.3, 0.4) is 0 Å². The molecular weight excluding hydrogens is 161 g/mol. The van der Waals surface area contributed by atoms with Crippen LogP contribution >= 0.6 is 0 Å². The van der Waals surface area contributed by atoms with Crippen molar-refractivity contribution in [2.45, 2.75) is 13.8 Å². The fourth-order valence-electron chi connectivity index (χ4n) is 1.28. The lowest BCUT2D eigenvalue weighted by Gasteiger charge is -2.10. The lowest BCUT2D eigenvalue weighted by atomic mass is 9.86. The predicted octanol–water partition coefficient (Wildman–Crippen LogP) is 0.501. The van der Waals surface area contributed by atoms with Crippen LogP contribution in [0.4, 0.5) is 5.69 Å². The summed E-state index contributed by atoms with van der Waals surface area (Å²) in [5.41, 5.74) is 3.99. The summed E-state index contributed by atoms with van der Waals surface area (Å²) in [4.78, 5) is 0. The molecule has 0 aliphatic heterocycles. The summed E-state index contributed by atoms with van der Waals surface area (Å²) >= 11 is 0. The van der Waals surface area contributed by atoms with E-state index in [1.54, 1.807) is 0 Å². The van der Waals surface area contributed by atoms with Gasteiger partial charge < -0.3 is 10.4 Å². The van der Waals surface area contributed by atoms with Crippen LogP contribution in [0.2, 0.25) is 0 Å². The second-order valence-corrected chi connectivity index (χ2v) is 3.17. The van der Waals surface area contributed by atoms with Gasteiger partial charge in [0.1, 0.15) is 7.85 Å². The van der Waals surface area contributed by atoms with Crippen molar-refractivity contribution in [1.29, 1.82) is 0 Å². The Kier molecular flexibility index (Phi) is 3.37. The van der Waals surface area contributed by atoms with Crippen molar-refractivity contribution in [2.75, 3.05) is 18.5 Å². The highest BCUT2D eigenvalue weighted by molar-refractivity contribution is 6.34. The highest BCUT2D eigenvalue weighted by Crippen LogP contribution is 2.10. The van der Waals surface area contributed by atoms with Crippen molar-refractivity contribution in [2.24, 2.45) is 0 Å². The van der Waals surface area contributed by atoms with Crippen LogP contribution in [0.15, 0.2) is 12.1 Å². The molecule has 0 aliphatic rings. The average Bonchev–Trinajstić information content (AvgIpc) is 2.10. The van der Waals surface area contributed by atoms with Crippen LogP contribution < -0.4 is 10.8 Å². The number of anilines is 1. The Hall–Kier alpha value is -0.955. The minimum Gasteiger partial charge on any atom is -0.395 e. The molecule has 2 N–H and O–H groups in total. The van der Waals surface area contributed by atoms with Crippen molar-refractivity contribution >= 4 is 19.0 Å². The van der Waals surface area contributed by atoms with Gasteiger partial charge in [0, 0.05) is 12.2 Å². The normalized spacial score (nSPS) is 10.1. The van der Waals surface area contributed by atoms with Gasteiger partial charge in [-0.05, 0) is 26.0 Å². The monoisotopic (exact) mass is 175 g/mol. The highest BCUT2D eigenvalue weighted by atomic mass is 16.3. The summed E-state index contributed by atoms with van der Waals surface area (Å²) in [6, 6.07) is 3.97. The molecule has 0 heterocycles. The van der Waals surface area contributed by atoms with Gasteiger partial charge in [0.25, 0.3) is 0 Å². The first-order valence-corrected chi connectivity index (χ1v) is 4.36. The number of hydrogen-bond acceptors (Lipinski definition) is 2. The fourth-order valence-corrected chi connectivity index (χ4v) is 1.28. The van der Waals surface area contributed by atoms with E-state index in [0.29, 0.717) is 6.54 Å². The Balaban J connectivity index is 2.86. The third kappa shape index (κ3) is 2.49. The molecule has 0 fully saturated rings. The van der Waals surface area contributed by atoms with Crippen LogP contribution in [0.25, 0.3) is 0 Å². The Morgan fingerprint density at radius 3 is 2.31 bits per heavy atom. The van der Waals surface area contributed by atoms with Gasteiger partial charge in [0.15, 0.2) is 0 Å². The predicted molar refractivity (Wildman–Crippen MR) is 56.9 cm³/mol. The summed E-state index contributed by atoms with van der Waals surface area (Å²) in [5, 5.41) is 11.7. The van der Waals surface area contributed by atoms with Gasteiger partial charge >= 0.3 is 0 Å². The number of aliphatic hydroxyl groups excluding tert-OH is 1. The molecule has 3 heteroatoms. The summed E-state index contributed by atoms with van der Waals surface area (Å²) in [7, 11) is 5.80. The van der Waals surface area contributed by atoms with Gasteiger partial charge in [-0.15, -0.1) is 0 Å². The zero-order valence-electron chi connectivity index (χ0n) is 8.09. The Bertz CT molecular complexity index is 276. The lowest BCUT2D eigenvalue weighted by molar-refractivity contribution is 0.311. The zero-order chi connectivity index (χ0) is 9.84. The molecule has 1 aromatic rings. The van der Waals surface area contributed by atoms with E-state index in [9.17, 15) is 0 Å². The number of aryl methyl sites for hydroxylation is 2. The van der Waals surface area contributed by atoms with E-state index in [2.05, 4.69) is 5.32 Å². The molecule has 0 unspecified atom stereocenters. The summed E-state index contributed by atoms with van der Waals surface area (Å²) < 4.78 is 0. The lowest BCUT2D eigenvalue weighted by Crippen LogP contribution is -2.13. The third-order valence-corrected chi connectivity index (χ3v) is 2.03. The van der Waals surface area contributed by atoms with Crippen LogP contribution in [-0.2, 0) is 0 Å². The molecule has 2 radical (unpaired) electrons. The van der Waals surface area contributed by atoms with Crippen LogP contribution in [0, 0.1) is 13.8 Å². The maximum absolute atomic E-state index is 8.63. The van der Waals surface area contributed by atoms with Crippen molar-refractivity contribution in [3.63, 3.8) is 0 Å². The smallest absolute Gasteiger partial charge is 0.114 e. The Morgan fingerprint density at radius 1 is 1.31 bits per heavy atom. The largest absolute Gasteiger partial charge is 0.395 e. The Morgan fingerprint density at radius 2 is 1.85 bits per heavy atom. The van der Waals surface area contributed by atoms with Gasteiger partial charge in [-0.2, -0.15) is 0 Å². The van der Waals surface area contributed by atoms with Gasteiger partial charge in [-0.3, -0.25) is 0 Å². The van der Waals surface area contributed by atoms with E-state index in [1.807, 2.05) is 26.0 Å². The summed E-state index contributed by atoms with van der Waals surface area (Å²) in [6.45, 7) is 4.67. The minimum absolute atomic E-state index is 0.141. The van der Waals surface area contributed by atoms with Gasteiger partial charge in [0.2, 0.25) is 0 Å². The molecule has 68 valence electrons. The number of aliphatic hydroxyl groups is 1. The molecule has 0 saturated heterocycles. The van der Waals surface area contributed by atoms with E-state index in [0.717, 1.165) is 22.3 Å². The highest BCUT2D eigenvalue weighted by Gasteiger charge is 1.99. The molecule has 0 amide bonds. The molecule has 13 heavy (non-hydrogen) atoms. The van der Waals surface area contributed by atoms with E-state index in [4.69, 9.17) is 13.0 Å². The standard InChI is InChI=1S/C10H14BNO/c1-7-5-9(12-3-4-13)6-8(2)10(7)11/h5-6,12-13H,3-4H2,1-2H3. The van der Waals surface area contributed by atoms with Gasteiger partial charge in [-0.25, -0.2) is 0 Å². The topological polar surface area (TPSA) is 32.3 Å². The quantitative estimate of drug-likeness (QED) is 0.655. The molecule has 0 spiro atoms. The zero-order valence-corrected chi connectivity index (χ0v) is 8.09. The van der Waals surface area contributed by atoms with E-state index >= 15 is 0 Å². The van der Waals surface area contributed by atoms with E-state index in [-0.39, 0.29) is 6.61 Å². The first kappa shape index (κ1) is 10.1.